The van der Waals surface area contributed by atoms with E-state index in [2.05, 4.69) is 27.8 Å². The minimum atomic E-state index is -0.0473. The molecule has 0 aliphatic heterocycles. The summed E-state index contributed by atoms with van der Waals surface area (Å²) in [5.41, 5.74) is 0.467. The number of ether oxygens (including phenoxy) is 1. The lowest BCUT2D eigenvalue weighted by Gasteiger charge is -2.28. The number of halogens is 1. The monoisotopic (exact) mass is 314 g/mol. The van der Waals surface area contributed by atoms with Gasteiger partial charge in [-0.25, -0.2) is 4.98 Å². The molecule has 1 heterocycles. The maximum atomic E-state index is 12.4. The van der Waals surface area contributed by atoms with E-state index in [9.17, 15) is 4.79 Å². The summed E-state index contributed by atoms with van der Waals surface area (Å²) in [6, 6.07) is 3.73. The van der Waals surface area contributed by atoms with Crippen LogP contribution in [0, 0.1) is 0 Å². The number of hydrogen-bond acceptors (Lipinski definition) is 3. The van der Waals surface area contributed by atoms with Crippen molar-refractivity contribution in [2.45, 2.75) is 26.3 Å². The lowest BCUT2D eigenvalue weighted by Crippen LogP contribution is -2.40. The molecular weight excluding hydrogens is 296 g/mol. The van der Waals surface area contributed by atoms with Gasteiger partial charge in [0.2, 0.25) is 0 Å². The molecule has 100 valence electrons. The van der Waals surface area contributed by atoms with Gasteiger partial charge in [-0.05, 0) is 41.4 Å². The molecule has 0 N–H and O–H groups in total. The van der Waals surface area contributed by atoms with E-state index in [-0.39, 0.29) is 11.9 Å². The summed E-state index contributed by atoms with van der Waals surface area (Å²) in [7, 11) is 1.64. The van der Waals surface area contributed by atoms with Crippen molar-refractivity contribution in [3.63, 3.8) is 0 Å². The largest absolute Gasteiger partial charge is 0.383 e. The van der Waals surface area contributed by atoms with Crippen LogP contribution >= 0.6 is 15.9 Å². The molecule has 0 saturated carbocycles. The predicted octanol–water partition coefficient (Wildman–Crippen LogP) is 2.73. The molecule has 4 nitrogen and oxygen atoms in total. The van der Waals surface area contributed by atoms with Crippen LogP contribution in [0.4, 0.5) is 0 Å². The van der Waals surface area contributed by atoms with Crippen LogP contribution in [0.1, 0.15) is 30.8 Å². The fourth-order valence-corrected chi connectivity index (χ4v) is 1.82. The number of carbonyl (C=O) groups is 1. The molecule has 0 aromatic carbocycles. The van der Waals surface area contributed by atoms with E-state index in [1.807, 2.05) is 13.0 Å². The van der Waals surface area contributed by atoms with E-state index in [4.69, 9.17) is 4.74 Å². The molecule has 1 aromatic heterocycles. The van der Waals surface area contributed by atoms with Gasteiger partial charge in [-0.2, -0.15) is 0 Å². The number of aromatic nitrogens is 1. The SMILES string of the molecule is CCC(C)N(CCOC)C(=O)c1ccc(Br)cn1. The molecule has 0 bridgehead atoms. The van der Waals surface area contributed by atoms with E-state index in [1.54, 1.807) is 24.3 Å². The molecule has 0 saturated heterocycles. The Morgan fingerprint density at radius 2 is 2.28 bits per heavy atom. The zero-order valence-electron chi connectivity index (χ0n) is 11.0. The summed E-state index contributed by atoms with van der Waals surface area (Å²) in [6.45, 7) is 5.22. The highest BCUT2D eigenvalue weighted by Gasteiger charge is 2.20. The van der Waals surface area contributed by atoms with Crippen LogP contribution in [0.2, 0.25) is 0 Å². The van der Waals surface area contributed by atoms with Crippen LogP contribution in [0.3, 0.4) is 0 Å². The summed E-state index contributed by atoms with van der Waals surface area (Å²) in [6.07, 6.45) is 2.55. The zero-order valence-corrected chi connectivity index (χ0v) is 12.6. The minimum Gasteiger partial charge on any atom is -0.383 e. The van der Waals surface area contributed by atoms with Crippen molar-refractivity contribution in [2.24, 2.45) is 0 Å². The standard InChI is InChI=1S/C13H19BrN2O2/c1-4-10(2)16(7-8-18-3)13(17)12-6-5-11(14)9-15-12/h5-6,9-10H,4,7-8H2,1-3H3. The van der Waals surface area contributed by atoms with Crippen LogP contribution in [-0.4, -0.2) is 42.1 Å². The maximum Gasteiger partial charge on any atom is 0.272 e. The Hall–Kier alpha value is -0.940. The number of pyridine rings is 1. The highest BCUT2D eigenvalue weighted by molar-refractivity contribution is 9.10. The van der Waals surface area contributed by atoms with Crippen molar-refractivity contribution >= 4 is 21.8 Å². The Bertz CT molecular complexity index is 381. The second kappa shape index (κ2) is 7.48. The van der Waals surface area contributed by atoms with Crippen LogP contribution in [0.15, 0.2) is 22.8 Å². The van der Waals surface area contributed by atoms with Crippen LogP contribution in [-0.2, 0) is 4.74 Å². The van der Waals surface area contributed by atoms with Crippen LogP contribution in [0.25, 0.3) is 0 Å². The molecule has 0 aliphatic rings. The first-order valence-corrected chi connectivity index (χ1v) is 6.80. The van der Waals surface area contributed by atoms with Gasteiger partial charge in [0.15, 0.2) is 0 Å². The Morgan fingerprint density at radius 1 is 1.56 bits per heavy atom. The quantitative estimate of drug-likeness (QED) is 0.810. The third-order valence-corrected chi connectivity index (χ3v) is 3.34. The van der Waals surface area contributed by atoms with Gasteiger partial charge in [-0.15, -0.1) is 0 Å². The predicted molar refractivity (Wildman–Crippen MR) is 74.6 cm³/mol. The number of rotatable bonds is 6. The van der Waals surface area contributed by atoms with Crippen LogP contribution < -0.4 is 0 Å². The molecule has 1 unspecified atom stereocenters. The summed E-state index contributed by atoms with van der Waals surface area (Å²) in [5, 5.41) is 0. The fourth-order valence-electron chi connectivity index (χ4n) is 1.58. The molecule has 0 aliphatic carbocycles. The van der Waals surface area contributed by atoms with Crippen molar-refractivity contribution in [1.29, 1.82) is 0 Å². The Morgan fingerprint density at radius 3 is 2.78 bits per heavy atom. The van der Waals surface area contributed by atoms with Crippen molar-refractivity contribution < 1.29 is 9.53 Å². The first-order chi connectivity index (χ1) is 8.60. The number of methoxy groups -OCH3 is 1. The molecule has 1 amide bonds. The van der Waals surface area contributed by atoms with Gasteiger partial charge in [-0.1, -0.05) is 6.92 Å². The van der Waals surface area contributed by atoms with Gasteiger partial charge in [0.05, 0.1) is 6.61 Å². The Balaban J connectivity index is 2.83. The first-order valence-electron chi connectivity index (χ1n) is 6.01. The van der Waals surface area contributed by atoms with Crippen molar-refractivity contribution in [3.8, 4) is 0 Å². The highest BCUT2D eigenvalue weighted by atomic mass is 79.9. The van der Waals surface area contributed by atoms with E-state index in [0.717, 1.165) is 10.9 Å². The second-order valence-electron chi connectivity index (χ2n) is 4.11. The summed E-state index contributed by atoms with van der Waals surface area (Å²) >= 11 is 3.31. The molecule has 5 heteroatoms. The smallest absolute Gasteiger partial charge is 0.272 e. The van der Waals surface area contributed by atoms with E-state index in [1.165, 1.54) is 0 Å². The van der Waals surface area contributed by atoms with Gasteiger partial charge >= 0.3 is 0 Å². The topological polar surface area (TPSA) is 42.4 Å². The number of carbonyl (C=O) groups excluding carboxylic acids is 1. The molecule has 18 heavy (non-hydrogen) atoms. The van der Waals surface area contributed by atoms with Gasteiger partial charge in [0.25, 0.3) is 5.91 Å². The summed E-state index contributed by atoms with van der Waals surface area (Å²) in [4.78, 5) is 18.3. The average Bonchev–Trinajstić information content (AvgIpc) is 2.39. The molecule has 1 atom stereocenters. The second-order valence-corrected chi connectivity index (χ2v) is 5.03. The third-order valence-electron chi connectivity index (χ3n) is 2.87. The molecular formula is C13H19BrN2O2. The number of amides is 1. The van der Waals surface area contributed by atoms with Crippen LogP contribution in [0.5, 0.6) is 0 Å². The summed E-state index contributed by atoms with van der Waals surface area (Å²) < 4.78 is 5.92. The normalized spacial score (nSPS) is 12.2. The lowest BCUT2D eigenvalue weighted by molar-refractivity contribution is 0.0608. The third kappa shape index (κ3) is 4.07. The molecule has 1 rings (SSSR count). The summed E-state index contributed by atoms with van der Waals surface area (Å²) in [5.74, 6) is -0.0473. The van der Waals surface area contributed by atoms with E-state index in [0.29, 0.717) is 18.8 Å². The van der Waals surface area contributed by atoms with Gasteiger partial charge < -0.3 is 9.64 Å². The van der Waals surface area contributed by atoms with Gasteiger partial charge in [-0.3, -0.25) is 4.79 Å². The van der Waals surface area contributed by atoms with Crippen molar-refractivity contribution in [2.75, 3.05) is 20.3 Å². The Labute approximate surface area is 116 Å². The van der Waals surface area contributed by atoms with E-state index < -0.39 is 0 Å². The number of hydrogen-bond donors (Lipinski definition) is 0. The van der Waals surface area contributed by atoms with Crippen molar-refractivity contribution in [1.82, 2.24) is 9.88 Å². The van der Waals surface area contributed by atoms with Gasteiger partial charge in [0.1, 0.15) is 5.69 Å². The molecule has 0 fully saturated rings. The van der Waals surface area contributed by atoms with E-state index >= 15 is 0 Å². The minimum absolute atomic E-state index is 0.0473. The van der Waals surface area contributed by atoms with Gasteiger partial charge in [0, 0.05) is 30.4 Å². The molecule has 1 aromatic rings. The molecule has 0 radical (unpaired) electrons. The van der Waals surface area contributed by atoms with Crippen molar-refractivity contribution in [3.05, 3.63) is 28.5 Å². The average molecular weight is 315 g/mol. The number of nitrogens with zero attached hydrogens (tertiary/aromatic N) is 2. The molecule has 0 spiro atoms. The zero-order chi connectivity index (χ0) is 13.5. The fraction of sp³-hybridized carbons (Fsp3) is 0.538. The maximum absolute atomic E-state index is 12.4. The lowest BCUT2D eigenvalue weighted by atomic mass is 10.2. The highest BCUT2D eigenvalue weighted by Crippen LogP contribution is 2.12. The Kier molecular flexibility index (Phi) is 6.29. The first kappa shape index (κ1) is 15.1.